The lowest BCUT2D eigenvalue weighted by atomic mass is 10.1. The molecule has 18 heavy (non-hydrogen) atoms. The van der Waals surface area contributed by atoms with Crippen molar-refractivity contribution in [1.82, 2.24) is 14.8 Å². The summed E-state index contributed by atoms with van der Waals surface area (Å²) in [7, 11) is 0. The number of aromatic nitrogens is 3. The number of rotatable bonds is 3. The molecule has 0 aliphatic carbocycles. The Morgan fingerprint density at radius 3 is 2.67 bits per heavy atom. The van der Waals surface area contributed by atoms with Crippen molar-refractivity contribution < 1.29 is 0 Å². The zero-order valence-corrected chi connectivity index (χ0v) is 13.0. The van der Waals surface area contributed by atoms with Crippen LogP contribution in [0.25, 0.3) is 11.4 Å². The molecule has 0 amide bonds. The summed E-state index contributed by atoms with van der Waals surface area (Å²) < 4.78 is 3.16. The first kappa shape index (κ1) is 13.6. The van der Waals surface area contributed by atoms with Crippen LogP contribution in [0.1, 0.15) is 31.3 Å². The van der Waals surface area contributed by atoms with Crippen molar-refractivity contribution in [3.8, 4) is 11.4 Å². The highest BCUT2D eigenvalue weighted by molar-refractivity contribution is 9.10. The Morgan fingerprint density at radius 1 is 1.33 bits per heavy atom. The van der Waals surface area contributed by atoms with Gasteiger partial charge in [-0.25, -0.2) is 0 Å². The molecule has 0 fully saturated rings. The molecule has 0 radical (unpaired) electrons. The lowest BCUT2D eigenvalue weighted by molar-refractivity contribution is 0.584. The molecule has 0 saturated carbocycles. The number of hydrogen-bond acceptors (Lipinski definition) is 2. The molecule has 1 aromatic carbocycles. The highest BCUT2D eigenvalue weighted by Crippen LogP contribution is 2.29. The van der Waals surface area contributed by atoms with E-state index in [0.29, 0.717) is 5.88 Å². The van der Waals surface area contributed by atoms with E-state index in [-0.39, 0.29) is 6.04 Å². The molecule has 0 N–H and O–H groups in total. The quantitative estimate of drug-likeness (QED) is 0.785. The van der Waals surface area contributed by atoms with Crippen LogP contribution in [0.3, 0.4) is 0 Å². The molecule has 5 heteroatoms. The minimum Gasteiger partial charge on any atom is -0.307 e. The van der Waals surface area contributed by atoms with Gasteiger partial charge in [0.2, 0.25) is 0 Å². The van der Waals surface area contributed by atoms with Crippen LogP contribution in [-0.2, 0) is 5.88 Å². The second-order valence-corrected chi connectivity index (χ2v) is 5.57. The van der Waals surface area contributed by atoms with Crippen molar-refractivity contribution in [1.29, 1.82) is 0 Å². The molecule has 1 aromatic heterocycles. The summed E-state index contributed by atoms with van der Waals surface area (Å²) in [4.78, 5) is 0. The Balaban J connectivity index is 2.64. The van der Waals surface area contributed by atoms with E-state index in [4.69, 9.17) is 11.6 Å². The smallest absolute Gasteiger partial charge is 0.164 e. The first-order chi connectivity index (χ1) is 8.56. The first-order valence-corrected chi connectivity index (χ1v) is 7.14. The van der Waals surface area contributed by atoms with E-state index >= 15 is 0 Å². The van der Waals surface area contributed by atoms with E-state index in [1.807, 2.05) is 12.1 Å². The Bertz CT molecular complexity index is 563. The maximum absolute atomic E-state index is 5.92. The molecule has 0 atom stereocenters. The average Bonchev–Trinajstić information content (AvgIpc) is 2.76. The molecular formula is C13H15BrClN3. The summed E-state index contributed by atoms with van der Waals surface area (Å²) >= 11 is 9.46. The maximum Gasteiger partial charge on any atom is 0.164 e. The summed E-state index contributed by atoms with van der Waals surface area (Å²) in [5, 5.41) is 8.46. The van der Waals surface area contributed by atoms with Crippen LogP contribution in [0.4, 0.5) is 0 Å². The number of nitrogens with zero attached hydrogens (tertiary/aromatic N) is 3. The predicted octanol–water partition coefficient (Wildman–Crippen LogP) is 4.34. The Kier molecular flexibility index (Phi) is 4.07. The van der Waals surface area contributed by atoms with Crippen LogP contribution >= 0.6 is 27.5 Å². The van der Waals surface area contributed by atoms with Crippen molar-refractivity contribution in [3.05, 3.63) is 34.1 Å². The molecule has 2 rings (SSSR count). The average molecular weight is 329 g/mol. The Morgan fingerprint density at radius 2 is 2.06 bits per heavy atom. The van der Waals surface area contributed by atoms with E-state index in [2.05, 4.69) is 57.5 Å². The van der Waals surface area contributed by atoms with Crippen LogP contribution in [0.2, 0.25) is 0 Å². The van der Waals surface area contributed by atoms with E-state index in [0.717, 1.165) is 27.2 Å². The molecular weight excluding hydrogens is 314 g/mol. The third-order valence-corrected chi connectivity index (χ3v) is 4.01. The number of halogens is 2. The first-order valence-electron chi connectivity index (χ1n) is 5.81. The minimum absolute atomic E-state index is 0.280. The maximum atomic E-state index is 5.92. The fourth-order valence-electron chi connectivity index (χ4n) is 1.99. The lowest BCUT2D eigenvalue weighted by Crippen LogP contribution is -2.07. The fourth-order valence-corrected chi connectivity index (χ4v) is 2.54. The molecule has 0 unspecified atom stereocenters. The second kappa shape index (κ2) is 5.41. The van der Waals surface area contributed by atoms with Crippen molar-refractivity contribution >= 4 is 27.5 Å². The molecule has 3 nitrogen and oxygen atoms in total. The SMILES string of the molecule is Cc1c(Br)cccc1-c1nnc(CCl)n1C(C)C. The molecule has 0 aliphatic rings. The van der Waals surface area contributed by atoms with Gasteiger partial charge < -0.3 is 4.57 Å². The monoisotopic (exact) mass is 327 g/mol. The summed E-state index contributed by atoms with van der Waals surface area (Å²) in [6, 6.07) is 6.37. The third kappa shape index (κ3) is 2.31. The van der Waals surface area contributed by atoms with Gasteiger partial charge in [0.15, 0.2) is 5.82 Å². The second-order valence-electron chi connectivity index (χ2n) is 4.45. The zero-order valence-electron chi connectivity index (χ0n) is 10.6. The van der Waals surface area contributed by atoms with Crippen LogP contribution in [0, 0.1) is 6.92 Å². The van der Waals surface area contributed by atoms with Crippen molar-refractivity contribution in [2.75, 3.05) is 0 Å². The molecule has 1 heterocycles. The lowest BCUT2D eigenvalue weighted by Gasteiger charge is -2.14. The van der Waals surface area contributed by atoms with E-state index in [1.165, 1.54) is 0 Å². The van der Waals surface area contributed by atoms with Gasteiger partial charge in [0.05, 0.1) is 5.88 Å². The van der Waals surface area contributed by atoms with Crippen LogP contribution in [0.5, 0.6) is 0 Å². The van der Waals surface area contributed by atoms with Crippen LogP contribution < -0.4 is 0 Å². The topological polar surface area (TPSA) is 30.7 Å². The highest BCUT2D eigenvalue weighted by Gasteiger charge is 2.17. The number of alkyl halides is 1. The molecule has 0 saturated heterocycles. The van der Waals surface area contributed by atoms with E-state index in [1.54, 1.807) is 0 Å². The van der Waals surface area contributed by atoms with Gasteiger partial charge in [-0.15, -0.1) is 21.8 Å². The van der Waals surface area contributed by atoms with Gasteiger partial charge >= 0.3 is 0 Å². The standard InChI is InChI=1S/C13H15BrClN3/c1-8(2)18-12(7-15)16-17-13(18)10-5-4-6-11(14)9(10)3/h4-6,8H,7H2,1-3H3. The van der Waals surface area contributed by atoms with Gasteiger partial charge in [-0.2, -0.15) is 0 Å². The molecule has 96 valence electrons. The Hall–Kier alpha value is -0.870. The summed E-state index contributed by atoms with van der Waals surface area (Å²) in [5.74, 6) is 2.05. The third-order valence-electron chi connectivity index (χ3n) is 2.91. The summed E-state index contributed by atoms with van der Waals surface area (Å²) in [5.41, 5.74) is 2.25. The van der Waals surface area contributed by atoms with E-state index in [9.17, 15) is 0 Å². The molecule has 0 aliphatic heterocycles. The molecule has 0 bridgehead atoms. The number of hydrogen-bond donors (Lipinski definition) is 0. The highest BCUT2D eigenvalue weighted by atomic mass is 79.9. The van der Waals surface area contributed by atoms with Crippen molar-refractivity contribution in [3.63, 3.8) is 0 Å². The van der Waals surface area contributed by atoms with Gasteiger partial charge in [-0.05, 0) is 32.4 Å². The zero-order chi connectivity index (χ0) is 13.3. The van der Waals surface area contributed by atoms with Gasteiger partial charge in [-0.1, -0.05) is 28.1 Å². The fraction of sp³-hybridized carbons (Fsp3) is 0.385. The summed E-state index contributed by atoms with van der Waals surface area (Å²) in [6.07, 6.45) is 0. The normalized spacial score (nSPS) is 11.2. The van der Waals surface area contributed by atoms with Crippen LogP contribution in [-0.4, -0.2) is 14.8 Å². The summed E-state index contributed by atoms with van der Waals surface area (Å²) in [6.45, 7) is 6.28. The van der Waals surface area contributed by atoms with Gasteiger partial charge in [-0.3, -0.25) is 0 Å². The Labute approximate surface area is 120 Å². The van der Waals surface area contributed by atoms with Crippen molar-refractivity contribution in [2.45, 2.75) is 32.7 Å². The largest absolute Gasteiger partial charge is 0.307 e. The predicted molar refractivity (Wildman–Crippen MR) is 77.8 cm³/mol. The van der Waals surface area contributed by atoms with E-state index < -0.39 is 0 Å². The van der Waals surface area contributed by atoms with Crippen molar-refractivity contribution in [2.24, 2.45) is 0 Å². The van der Waals surface area contributed by atoms with Gasteiger partial charge in [0.1, 0.15) is 5.82 Å². The number of benzene rings is 1. The minimum atomic E-state index is 0.280. The van der Waals surface area contributed by atoms with Gasteiger partial charge in [0.25, 0.3) is 0 Å². The van der Waals surface area contributed by atoms with Gasteiger partial charge in [0, 0.05) is 16.1 Å². The molecule has 0 spiro atoms. The molecule has 2 aromatic rings. The van der Waals surface area contributed by atoms with Crippen LogP contribution in [0.15, 0.2) is 22.7 Å².